The van der Waals surface area contributed by atoms with E-state index in [9.17, 15) is 9.59 Å². The zero-order valence-electron chi connectivity index (χ0n) is 11.6. The van der Waals surface area contributed by atoms with Gasteiger partial charge in [0.1, 0.15) is 0 Å². The van der Waals surface area contributed by atoms with Gasteiger partial charge in [-0.15, -0.1) is 0 Å². The Labute approximate surface area is 115 Å². The fourth-order valence-electron chi connectivity index (χ4n) is 2.86. The number of hydrogen-bond acceptors (Lipinski definition) is 3. The van der Waals surface area contributed by atoms with Crippen LogP contribution in [0.15, 0.2) is 0 Å². The van der Waals surface area contributed by atoms with Crippen molar-refractivity contribution in [2.45, 2.75) is 51.0 Å². The van der Waals surface area contributed by atoms with E-state index in [0.717, 1.165) is 25.8 Å². The molecule has 0 aromatic heterocycles. The molecule has 1 aliphatic carbocycles. The van der Waals surface area contributed by atoms with Crippen molar-refractivity contribution < 1.29 is 9.59 Å². The third kappa shape index (κ3) is 4.82. The Morgan fingerprint density at radius 3 is 2.68 bits per heavy atom. The quantitative estimate of drug-likeness (QED) is 0.738. The molecule has 0 unspecified atom stereocenters. The molecule has 0 aromatic carbocycles. The number of rotatable bonds is 3. The lowest BCUT2D eigenvalue weighted by molar-refractivity contribution is -0.135. The van der Waals surface area contributed by atoms with Crippen LogP contribution in [-0.2, 0) is 9.59 Å². The molecule has 2 rings (SSSR count). The second-order valence-electron chi connectivity index (χ2n) is 5.60. The van der Waals surface area contributed by atoms with Gasteiger partial charge in [-0.2, -0.15) is 0 Å². The third-order valence-electron chi connectivity index (χ3n) is 3.97. The van der Waals surface area contributed by atoms with E-state index < -0.39 is 0 Å². The molecule has 0 radical (unpaired) electrons. The second kappa shape index (κ2) is 7.48. The SMILES string of the molecule is O=C(CN1CCCNCC1=O)NC1CCCCCC1. The van der Waals surface area contributed by atoms with Gasteiger partial charge in [-0.05, 0) is 25.8 Å². The fourth-order valence-corrected chi connectivity index (χ4v) is 2.86. The molecule has 0 aromatic rings. The van der Waals surface area contributed by atoms with E-state index in [-0.39, 0.29) is 18.4 Å². The van der Waals surface area contributed by atoms with Crippen molar-refractivity contribution in [3.8, 4) is 0 Å². The van der Waals surface area contributed by atoms with Gasteiger partial charge in [0.25, 0.3) is 0 Å². The van der Waals surface area contributed by atoms with Crippen LogP contribution >= 0.6 is 0 Å². The topological polar surface area (TPSA) is 61.4 Å². The van der Waals surface area contributed by atoms with Crippen LogP contribution in [0.1, 0.15) is 44.9 Å². The third-order valence-corrected chi connectivity index (χ3v) is 3.97. The van der Waals surface area contributed by atoms with Gasteiger partial charge in [0, 0.05) is 12.6 Å². The van der Waals surface area contributed by atoms with Crippen LogP contribution in [0.4, 0.5) is 0 Å². The Morgan fingerprint density at radius 1 is 1.21 bits per heavy atom. The molecular weight excluding hydrogens is 242 g/mol. The van der Waals surface area contributed by atoms with E-state index in [4.69, 9.17) is 0 Å². The molecule has 1 saturated heterocycles. The first kappa shape index (κ1) is 14.3. The average Bonchev–Trinajstić information content (AvgIpc) is 2.74. The van der Waals surface area contributed by atoms with Crippen LogP contribution in [0.25, 0.3) is 0 Å². The van der Waals surface area contributed by atoms with Gasteiger partial charge < -0.3 is 15.5 Å². The first-order valence-electron chi connectivity index (χ1n) is 7.53. The zero-order valence-corrected chi connectivity index (χ0v) is 11.6. The van der Waals surface area contributed by atoms with Crippen molar-refractivity contribution in [2.24, 2.45) is 0 Å². The summed E-state index contributed by atoms with van der Waals surface area (Å²) in [5.41, 5.74) is 0. The van der Waals surface area contributed by atoms with Gasteiger partial charge in [-0.3, -0.25) is 9.59 Å². The summed E-state index contributed by atoms with van der Waals surface area (Å²) in [5.74, 6) is 0.0377. The van der Waals surface area contributed by atoms with Crippen molar-refractivity contribution in [3.63, 3.8) is 0 Å². The average molecular weight is 267 g/mol. The van der Waals surface area contributed by atoms with Crippen molar-refractivity contribution in [2.75, 3.05) is 26.2 Å². The molecule has 0 spiro atoms. The highest BCUT2D eigenvalue weighted by Gasteiger charge is 2.21. The van der Waals surface area contributed by atoms with E-state index in [1.807, 2.05) is 0 Å². The summed E-state index contributed by atoms with van der Waals surface area (Å²) in [6.07, 6.45) is 8.06. The Balaban J connectivity index is 1.77. The summed E-state index contributed by atoms with van der Waals surface area (Å²) < 4.78 is 0. The molecular formula is C14H25N3O2. The Morgan fingerprint density at radius 2 is 1.95 bits per heavy atom. The number of carbonyl (C=O) groups excluding carboxylic acids is 2. The molecule has 108 valence electrons. The maximum absolute atomic E-state index is 12.0. The van der Waals surface area contributed by atoms with Crippen molar-refractivity contribution in [3.05, 3.63) is 0 Å². The predicted molar refractivity (Wildman–Crippen MR) is 73.7 cm³/mol. The van der Waals surface area contributed by atoms with Crippen molar-refractivity contribution in [1.29, 1.82) is 0 Å². The number of nitrogens with one attached hydrogen (secondary N) is 2. The van der Waals surface area contributed by atoms with Crippen LogP contribution in [0.2, 0.25) is 0 Å². The van der Waals surface area contributed by atoms with Crippen LogP contribution in [-0.4, -0.2) is 48.9 Å². The molecule has 1 aliphatic heterocycles. The van der Waals surface area contributed by atoms with Crippen LogP contribution in [0.5, 0.6) is 0 Å². The highest BCUT2D eigenvalue weighted by atomic mass is 16.2. The Kier molecular flexibility index (Phi) is 5.63. The minimum absolute atomic E-state index is 0.00199. The van der Waals surface area contributed by atoms with Crippen molar-refractivity contribution >= 4 is 11.8 Å². The first-order chi connectivity index (χ1) is 9.25. The molecule has 0 bridgehead atoms. The summed E-state index contributed by atoms with van der Waals surface area (Å²) in [7, 11) is 0. The molecule has 5 nitrogen and oxygen atoms in total. The van der Waals surface area contributed by atoms with Gasteiger partial charge in [-0.1, -0.05) is 25.7 Å². The summed E-state index contributed by atoms with van der Waals surface area (Å²) >= 11 is 0. The predicted octanol–water partition coefficient (Wildman–Crippen LogP) is 0.647. The molecule has 2 amide bonds. The lowest BCUT2D eigenvalue weighted by atomic mass is 10.1. The van der Waals surface area contributed by atoms with Gasteiger partial charge in [0.2, 0.25) is 11.8 Å². The maximum atomic E-state index is 12.0. The number of carbonyl (C=O) groups is 2. The summed E-state index contributed by atoms with van der Waals surface area (Å²) in [6.45, 7) is 2.12. The highest BCUT2D eigenvalue weighted by Crippen LogP contribution is 2.17. The smallest absolute Gasteiger partial charge is 0.239 e. The molecule has 2 aliphatic rings. The van der Waals surface area contributed by atoms with Gasteiger partial charge in [0.15, 0.2) is 0 Å². The van der Waals surface area contributed by atoms with E-state index in [1.165, 1.54) is 25.7 Å². The molecule has 2 N–H and O–H groups in total. The molecule has 1 heterocycles. The highest BCUT2D eigenvalue weighted by molar-refractivity contribution is 5.85. The standard InChI is InChI=1S/C14H25N3O2/c18-13(16-12-6-3-1-2-4-7-12)11-17-9-5-8-15-10-14(17)19/h12,15H,1-11H2,(H,16,18). The lowest BCUT2D eigenvalue weighted by Crippen LogP contribution is -2.45. The van der Waals surface area contributed by atoms with Gasteiger partial charge in [0.05, 0.1) is 13.1 Å². The first-order valence-corrected chi connectivity index (χ1v) is 7.53. The summed E-state index contributed by atoms with van der Waals surface area (Å²) in [6, 6.07) is 0.315. The van der Waals surface area contributed by atoms with Crippen molar-refractivity contribution in [1.82, 2.24) is 15.5 Å². The number of nitrogens with zero attached hydrogens (tertiary/aromatic N) is 1. The fraction of sp³-hybridized carbons (Fsp3) is 0.857. The maximum Gasteiger partial charge on any atom is 0.239 e. The normalized spacial score (nSPS) is 22.7. The number of amides is 2. The molecule has 1 saturated carbocycles. The molecule has 19 heavy (non-hydrogen) atoms. The minimum atomic E-state index is 0.00199. The number of hydrogen-bond donors (Lipinski definition) is 2. The van der Waals surface area contributed by atoms with E-state index in [2.05, 4.69) is 10.6 Å². The Bertz CT molecular complexity index is 312. The second-order valence-corrected chi connectivity index (χ2v) is 5.60. The lowest BCUT2D eigenvalue weighted by Gasteiger charge is -2.22. The minimum Gasteiger partial charge on any atom is -0.352 e. The summed E-state index contributed by atoms with van der Waals surface area (Å²) in [5, 5.41) is 6.16. The largest absolute Gasteiger partial charge is 0.352 e. The van der Waals surface area contributed by atoms with Crippen LogP contribution in [0.3, 0.4) is 0 Å². The zero-order chi connectivity index (χ0) is 13.5. The van der Waals surface area contributed by atoms with E-state index in [0.29, 0.717) is 19.1 Å². The van der Waals surface area contributed by atoms with E-state index >= 15 is 0 Å². The van der Waals surface area contributed by atoms with Gasteiger partial charge in [-0.25, -0.2) is 0 Å². The van der Waals surface area contributed by atoms with E-state index in [1.54, 1.807) is 4.90 Å². The molecule has 2 fully saturated rings. The molecule has 0 atom stereocenters. The monoisotopic (exact) mass is 267 g/mol. The van der Waals surface area contributed by atoms with Crippen LogP contribution in [0, 0.1) is 0 Å². The van der Waals surface area contributed by atoms with Gasteiger partial charge >= 0.3 is 0 Å². The Hall–Kier alpha value is -1.10. The molecule has 5 heteroatoms. The summed E-state index contributed by atoms with van der Waals surface area (Å²) in [4.78, 5) is 25.5. The van der Waals surface area contributed by atoms with Crippen LogP contribution < -0.4 is 10.6 Å².